The number of hydrogen-bond donors (Lipinski definition) is 1. The lowest BCUT2D eigenvalue weighted by atomic mass is 10.0. The predicted molar refractivity (Wildman–Crippen MR) is 86.6 cm³/mol. The van der Waals surface area contributed by atoms with Gasteiger partial charge in [-0.1, -0.05) is 6.07 Å². The van der Waals surface area contributed by atoms with Crippen molar-refractivity contribution in [1.29, 1.82) is 0 Å². The van der Waals surface area contributed by atoms with Crippen LogP contribution in [0.5, 0.6) is 0 Å². The van der Waals surface area contributed by atoms with E-state index < -0.39 is 5.97 Å². The number of hydrogen-bond acceptors (Lipinski definition) is 3. The highest BCUT2D eigenvalue weighted by Crippen LogP contribution is 2.21. The molecule has 0 saturated carbocycles. The fourth-order valence-electron chi connectivity index (χ4n) is 2.82. The van der Waals surface area contributed by atoms with Gasteiger partial charge in [0, 0.05) is 31.7 Å². The molecule has 2 rings (SSSR count). The molecule has 1 atom stereocenters. The molecule has 23 heavy (non-hydrogen) atoms. The second kappa shape index (κ2) is 6.77. The number of aromatic amines is 1. The maximum Gasteiger partial charge on any atom is 0.340 e. The molecule has 0 unspecified atom stereocenters. The number of nitrogens with zero attached hydrogens (tertiary/aromatic N) is 1. The third kappa shape index (κ3) is 3.18. The molecule has 2 aromatic rings. The van der Waals surface area contributed by atoms with Crippen molar-refractivity contribution < 1.29 is 18.9 Å². The Morgan fingerprint density at radius 3 is 2.57 bits per heavy atom. The number of rotatable bonds is 5. The molecule has 0 spiro atoms. The molecule has 0 amide bonds. The summed E-state index contributed by atoms with van der Waals surface area (Å²) in [6.07, 6.45) is 1.88. The molecule has 0 aliphatic carbocycles. The molecular formula is C18H23N2O3+. The van der Waals surface area contributed by atoms with Crippen LogP contribution in [-0.4, -0.2) is 23.3 Å². The molecule has 122 valence electrons. The van der Waals surface area contributed by atoms with Crippen LogP contribution in [-0.2, 0) is 4.74 Å². The molecule has 1 N–H and O–H groups in total. The van der Waals surface area contributed by atoms with Crippen molar-refractivity contribution in [3.8, 4) is 0 Å². The van der Waals surface area contributed by atoms with Crippen molar-refractivity contribution in [3.63, 3.8) is 0 Å². The summed E-state index contributed by atoms with van der Waals surface area (Å²) in [5.74, 6) is -0.450. The summed E-state index contributed by atoms with van der Waals surface area (Å²) in [5.41, 5.74) is 3.23. The van der Waals surface area contributed by atoms with Crippen LogP contribution in [0.25, 0.3) is 0 Å². The Bertz CT molecular complexity index is 747. The van der Waals surface area contributed by atoms with Gasteiger partial charge in [0.05, 0.1) is 17.9 Å². The van der Waals surface area contributed by atoms with Crippen molar-refractivity contribution in [2.45, 2.75) is 40.7 Å². The van der Waals surface area contributed by atoms with Crippen LogP contribution < -0.4 is 4.57 Å². The number of Topliss-reactive ketones (excluding diaryl/α,β-unsaturated/α-hetero) is 1. The molecule has 0 fully saturated rings. The van der Waals surface area contributed by atoms with E-state index in [4.69, 9.17) is 4.74 Å². The Hall–Kier alpha value is -2.43. The summed E-state index contributed by atoms with van der Waals surface area (Å²) >= 11 is 0. The first-order chi connectivity index (χ1) is 10.9. The summed E-state index contributed by atoms with van der Waals surface area (Å²) in [7, 11) is 0. The van der Waals surface area contributed by atoms with Crippen LogP contribution in [0.4, 0.5) is 0 Å². The Morgan fingerprint density at radius 2 is 1.96 bits per heavy atom. The Morgan fingerprint density at radius 1 is 1.26 bits per heavy atom. The maximum absolute atomic E-state index is 12.9. The van der Waals surface area contributed by atoms with E-state index in [-0.39, 0.29) is 11.8 Å². The van der Waals surface area contributed by atoms with Crippen LogP contribution in [0.1, 0.15) is 57.7 Å². The number of esters is 1. The third-order valence-electron chi connectivity index (χ3n) is 4.06. The monoisotopic (exact) mass is 315 g/mol. The van der Waals surface area contributed by atoms with Crippen molar-refractivity contribution in [1.82, 2.24) is 4.98 Å². The third-order valence-corrected chi connectivity index (χ3v) is 4.06. The Labute approximate surface area is 136 Å². The van der Waals surface area contributed by atoms with Gasteiger partial charge in [0.15, 0.2) is 11.9 Å². The highest BCUT2D eigenvalue weighted by atomic mass is 16.5. The standard InChI is InChI=1S/C18H22N2O3/c1-6-23-18(22)15-12(3)16(19-13(15)4)17(21)14(5)20-10-8-7-9-11(20)2/h7-10,14H,6H2,1-5H3/p+1/t14-/m1/s1. The number of carbonyl (C=O) groups excluding carboxylic acids is 2. The van der Waals surface area contributed by atoms with Gasteiger partial charge >= 0.3 is 5.97 Å². The van der Waals surface area contributed by atoms with Crippen molar-refractivity contribution >= 4 is 11.8 Å². The van der Waals surface area contributed by atoms with E-state index in [9.17, 15) is 9.59 Å². The zero-order valence-electron chi connectivity index (χ0n) is 14.3. The van der Waals surface area contributed by atoms with Gasteiger partial charge in [0.25, 0.3) is 0 Å². The van der Waals surface area contributed by atoms with Gasteiger partial charge in [0.1, 0.15) is 0 Å². The van der Waals surface area contributed by atoms with E-state index in [0.29, 0.717) is 29.1 Å². The average molecular weight is 315 g/mol. The predicted octanol–water partition coefficient (Wildman–Crippen LogP) is 2.85. The van der Waals surface area contributed by atoms with Crippen molar-refractivity contribution in [2.24, 2.45) is 0 Å². The topological polar surface area (TPSA) is 63.0 Å². The molecule has 0 aliphatic heterocycles. The molecular weight excluding hydrogens is 292 g/mol. The van der Waals surface area contributed by atoms with E-state index >= 15 is 0 Å². The molecule has 0 aliphatic rings. The summed E-state index contributed by atoms with van der Waals surface area (Å²) in [6.45, 7) is 9.44. The van der Waals surface area contributed by atoms with E-state index in [0.717, 1.165) is 5.69 Å². The smallest absolute Gasteiger partial charge is 0.340 e. The zero-order chi connectivity index (χ0) is 17.1. The summed E-state index contributed by atoms with van der Waals surface area (Å²) < 4.78 is 6.99. The molecule has 5 heteroatoms. The van der Waals surface area contributed by atoms with Crippen LogP contribution in [0.2, 0.25) is 0 Å². The van der Waals surface area contributed by atoms with Gasteiger partial charge in [-0.05, 0) is 26.3 Å². The second-order valence-corrected chi connectivity index (χ2v) is 5.63. The minimum atomic E-state index is -0.394. The van der Waals surface area contributed by atoms with E-state index in [1.165, 1.54) is 0 Å². The molecule has 5 nitrogen and oxygen atoms in total. The summed E-state index contributed by atoms with van der Waals surface area (Å²) in [4.78, 5) is 28.0. The Balaban J connectivity index is 2.39. The average Bonchev–Trinajstić information content (AvgIpc) is 2.81. The molecule has 0 radical (unpaired) electrons. The number of nitrogens with one attached hydrogen (secondary N) is 1. The normalized spacial score (nSPS) is 12.0. The van der Waals surface area contributed by atoms with Crippen LogP contribution in [0.15, 0.2) is 24.4 Å². The molecule has 2 aromatic heterocycles. The van der Waals surface area contributed by atoms with Gasteiger partial charge in [-0.2, -0.15) is 4.57 Å². The number of aromatic nitrogens is 2. The fraction of sp³-hybridized carbons (Fsp3) is 0.389. The minimum absolute atomic E-state index is 0.0551. The highest BCUT2D eigenvalue weighted by molar-refractivity contribution is 6.02. The lowest BCUT2D eigenvalue weighted by Crippen LogP contribution is -2.44. The molecule has 2 heterocycles. The van der Waals surface area contributed by atoms with Crippen LogP contribution in [0.3, 0.4) is 0 Å². The minimum Gasteiger partial charge on any atom is -0.462 e. The first kappa shape index (κ1) is 16.9. The van der Waals surface area contributed by atoms with E-state index in [1.54, 1.807) is 20.8 Å². The summed E-state index contributed by atoms with van der Waals surface area (Å²) in [5, 5.41) is 0. The quantitative estimate of drug-likeness (QED) is 0.524. The molecule has 0 saturated heterocycles. The number of carbonyl (C=O) groups is 2. The first-order valence-electron chi connectivity index (χ1n) is 7.75. The number of aryl methyl sites for hydroxylation is 2. The van der Waals surface area contributed by atoms with Gasteiger partial charge in [-0.15, -0.1) is 0 Å². The fourth-order valence-corrected chi connectivity index (χ4v) is 2.82. The lowest BCUT2D eigenvalue weighted by Gasteiger charge is -2.08. The van der Waals surface area contributed by atoms with Crippen molar-refractivity contribution in [3.05, 3.63) is 52.6 Å². The molecule has 0 aromatic carbocycles. The van der Waals surface area contributed by atoms with Gasteiger partial charge in [-0.3, -0.25) is 4.79 Å². The zero-order valence-corrected chi connectivity index (χ0v) is 14.3. The van der Waals surface area contributed by atoms with Gasteiger partial charge in [-0.25, -0.2) is 4.79 Å². The first-order valence-corrected chi connectivity index (χ1v) is 7.75. The van der Waals surface area contributed by atoms with Crippen LogP contribution in [0, 0.1) is 20.8 Å². The van der Waals surface area contributed by atoms with Gasteiger partial charge in [0.2, 0.25) is 11.8 Å². The highest BCUT2D eigenvalue weighted by Gasteiger charge is 2.30. The Kier molecular flexibility index (Phi) is 4.98. The number of ether oxygens (including phenoxy) is 1. The van der Waals surface area contributed by atoms with Crippen LogP contribution >= 0.6 is 0 Å². The van der Waals surface area contributed by atoms with Gasteiger partial charge < -0.3 is 9.72 Å². The number of pyridine rings is 1. The number of ketones is 1. The molecule has 0 bridgehead atoms. The maximum atomic E-state index is 12.9. The van der Waals surface area contributed by atoms with Crippen molar-refractivity contribution in [2.75, 3.05) is 6.61 Å². The van der Waals surface area contributed by atoms with E-state index in [1.807, 2.05) is 42.8 Å². The van der Waals surface area contributed by atoms with E-state index in [2.05, 4.69) is 4.98 Å². The summed E-state index contributed by atoms with van der Waals surface area (Å²) in [6, 6.07) is 5.43. The lowest BCUT2D eigenvalue weighted by molar-refractivity contribution is -0.710. The second-order valence-electron chi connectivity index (χ2n) is 5.63. The number of H-pyrrole nitrogens is 1. The largest absolute Gasteiger partial charge is 0.462 e. The SMILES string of the molecule is CCOC(=O)c1c(C)[nH]c(C(=O)[C@@H](C)[n+]2ccccc2C)c1C.